The molecule has 1 aromatic carbocycles. The number of hydrogen-bond acceptors (Lipinski definition) is 3. The molecule has 0 spiro atoms. The minimum atomic E-state index is -0.544. The Kier molecular flexibility index (Phi) is 5.06. The van der Waals surface area contributed by atoms with Crippen LogP contribution >= 0.6 is 23.8 Å². The van der Waals surface area contributed by atoms with Crippen molar-refractivity contribution < 1.29 is 4.92 Å². The standard InChI is InChI=1S/C11H12ClN3O2S/c1-7(2)6-13-11(18)14-8-3-4-9(12)10(5-8)15(16)17/h3-5H,1,6H2,2H3,(H2,13,14,18). The van der Waals surface area contributed by atoms with Gasteiger partial charge in [-0.05, 0) is 31.3 Å². The topological polar surface area (TPSA) is 67.2 Å². The van der Waals surface area contributed by atoms with Crippen molar-refractivity contribution in [3.63, 3.8) is 0 Å². The third kappa shape index (κ3) is 4.31. The van der Waals surface area contributed by atoms with Gasteiger partial charge in [0.1, 0.15) is 5.02 Å². The lowest BCUT2D eigenvalue weighted by atomic mass is 10.3. The lowest BCUT2D eigenvalue weighted by Crippen LogP contribution is -2.29. The second-order valence-corrected chi connectivity index (χ2v) is 4.50. The van der Waals surface area contributed by atoms with E-state index in [9.17, 15) is 10.1 Å². The first-order chi connectivity index (χ1) is 8.40. The van der Waals surface area contributed by atoms with E-state index in [1.807, 2.05) is 6.92 Å². The largest absolute Gasteiger partial charge is 0.359 e. The Hall–Kier alpha value is -1.66. The van der Waals surface area contributed by atoms with Crippen LogP contribution in [0.3, 0.4) is 0 Å². The Bertz CT molecular complexity index is 505. The summed E-state index contributed by atoms with van der Waals surface area (Å²) in [6.45, 7) is 6.13. The van der Waals surface area contributed by atoms with Gasteiger partial charge in [-0.3, -0.25) is 10.1 Å². The van der Waals surface area contributed by atoms with Crippen LogP contribution in [0.1, 0.15) is 6.92 Å². The molecule has 0 unspecified atom stereocenters. The molecule has 2 N–H and O–H groups in total. The molecular weight excluding hydrogens is 274 g/mol. The molecular formula is C11H12ClN3O2S. The Morgan fingerprint density at radius 1 is 1.61 bits per heavy atom. The number of nitro groups is 1. The van der Waals surface area contributed by atoms with Crippen LogP contribution in [0.15, 0.2) is 30.4 Å². The molecule has 0 atom stereocenters. The summed E-state index contributed by atoms with van der Waals surface area (Å²) >= 11 is 10.7. The number of nitrogens with one attached hydrogen (secondary N) is 2. The highest BCUT2D eigenvalue weighted by Gasteiger charge is 2.12. The molecule has 0 aliphatic carbocycles. The smallest absolute Gasteiger partial charge is 0.289 e. The van der Waals surface area contributed by atoms with Crippen LogP contribution in [0.2, 0.25) is 5.02 Å². The first-order valence-corrected chi connectivity index (χ1v) is 5.82. The molecule has 1 rings (SSSR count). The number of nitro benzene ring substituents is 1. The fourth-order valence-corrected chi connectivity index (χ4v) is 1.51. The highest BCUT2D eigenvalue weighted by molar-refractivity contribution is 7.80. The summed E-state index contributed by atoms with van der Waals surface area (Å²) in [7, 11) is 0. The van der Waals surface area contributed by atoms with Crippen molar-refractivity contribution in [3.05, 3.63) is 45.5 Å². The number of thiocarbonyl (C=S) groups is 1. The number of halogens is 1. The fraction of sp³-hybridized carbons (Fsp3) is 0.182. The van der Waals surface area contributed by atoms with Gasteiger partial charge in [-0.15, -0.1) is 0 Å². The van der Waals surface area contributed by atoms with Crippen molar-refractivity contribution in [3.8, 4) is 0 Å². The number of hydrogen-bond donors (Lipinski definition) is 2. The summed E-state index contributed by atoms with van der Waals surface area (Å²) in [4.78, 5) is 10.2. The first kappa shape index (κ1) is 14.4. The molecule has 0 saturated carbocycles. The Balaban J connectivity index is 2.73. The maximum absolute atomic E-state index is 10.7. The van der Waals surface area contributed by atoms with E-state index in [0.717, 1.165) is 5.57 Å². The van der Waals surface area contributed by atoms with Crippen molar-refractivity contribution >= 4 is 40.3 Å². The molecule has 1 aromatic rings. The van der Waals surface area contributed by atoms with Crippen LogP contribution in [0.4, 0.5) is 11.4 Å². The summed E-state index contributed by atoms with van der Waals surface area (Å²) in [6.07, 6.45) is 0. The van der Waals surface area contributed by atoms with E-state index in [2.05, 4.69) is 17.2 Å². The predicted octanol–water partition coefficient (Wildman–Crippen LogP) is 3.11. The van der Waals surface area contributed by atoms with Crippen molar-refractivity contribution in [1.29, 1.82) is 0 Å². The van der Waals surface area contributed by atoms with E-state index < -0.39 is 4.92 Å². The minimum absolute atomic E-state index is 0.0892. The maximum Gasteiger partial charge on any atom is 0.289 e. The fourth-order valence-electron chi connectivity index (χ4n) is 1.14. The third-order valence-electron chi connectivity index (χ3n) is 1.95. The van der Waals surface area contributed by atoms with Crippen LogP contribution in [0.5, 0.6) is 0 Å². The van der Waals surface area contributed by atoms with Gasteiger partial charge in [0.05, 0.1) is 4.92 Å². The van der Waals surface area contributed by atoms with Crippen LogP contribution < -0.4 is 10.6 Å². The van der Waals surface area contributed by atoms with Crippen molar-refractivity contribution in [2.45, 2.75) is 6.92 Å². The Morgan fingerprint density at radius 2 is 2.28 bits per heavy atom. The Morgan fingerprint density at radius 3 is 2.83 bits per heavy atom. The molecule has 0 amide bonds. The molecule has 0 bridgehead atoms. The lowest BCUT2D eigenvalue weighted by molar-refractivity contribution is -0.384. The molecule has 0 aromatic heterocycles. The van der Waals surface area contributed by atoms with E-state index in [4.69, 9.17) is 23.8 Å². The highest BCUT2D eigenvalue weighted by Crippen LogP contribution is 2.27. The molecule has 96 valence electrons. The average Bonchev–Trinajstić information content (AvgIpc) is 2.28. The van der Waals surface area contributed by atoms with E-state index in [0.29, 0.717) is 17.3 Å². The normalized spacial score (nSPS) is 9.67. The minimum Gasteiger partial charge on any atom is -0.359 e. The molecule has 7 heteroatoms. The quantitative estimate of drug-likeness (QED) is 0.385. The molecule has 0 saturated heterocycles. The van der Waals surface area contributed by atoms with E-state index in [1.54, 1.807) is 6.07 Å². The molecule has 18 heavy (non-hydrogen) atoms. The van der Waals surface area contributed by atoms with Crippen LogP contribution in [-0.2, 0) is 0 Å². The van der Waals surface area contributed by atoms with Gasteiger partial charge in [-0.1, -0.05) is 23.8 Å². The third-order valence-corrected chi connectivity index (χ3v) is 2.52. The summed E-state index contributed by atoms with van der Waals surface area (Å²) in [5.41, 5.74) is 1.27. The van der Waals surface area contributed by atoms with Gasteiger partial charge in [0.15, 0.2) is 5.11 Å². The van der Waals surface area contributed by atoms with Gasteiger partial charge < -0.3 is 10.6 Å². The molecule has 0 aliphatic rings. The predicted molar refractivity (Wildman–Crippen MR) is 77.1 cm³/mol. The second kappa shape index (κ2) is 6.32. The van der Waals surface area contributed by atoms with Crippen molar-refractivity contribution in [1.82, 2.24) is 5.32 Å². The number of nitrogens with zero attached hydrogens (tertiary/aromatic N) is 1. The molecule has 0 aliphatic heterocycles. The zero-order chi connectivity index (χ0) is 13.7. The molecule has 0 heterocycles. The Labute approximate surface area is 115 Å². The van der Waals surface area contributed by atoms with E-state index in [1.165, 1.54) is 12.1 Å². The zero-order valence-corrected chi connectivity index (χ0v) is 11.3. The van der Waals surface area contributed by atoms with Gasteiger partial charge >= 0.3 is 0 Å². The van der Waals surface area contributed by atoms with Crippen molar-refractivity contribution in [2.24, 2.45) is 0 Å². The van der Waals surface area contributed by atoms with Gasteiger partial charge in [-0.25, -0.2) is 0 Å². The zero-order valence-electron chi connectivity index (χ0n) is 9.70. The average molecular weight is 286 g/mol. The molecule has 0 fully saturated rings. The lowest BCUT2D eigenvalue weighted by Gasteiger charge is -2.10. The molecule has 5 nitrogen and oxygen atoms in total. The van der Waals surface area contributed by atoms with Gasteiger partial charge in [0, 0.05) is 18.3 Å². The second-order valence-electron chi connectivity index (χ2n) is 3.69. The van der Waals surface area contributed by atoms with Gasteiger partial charge in [0.25, 0.3) is 5.69 Å². The maximum atomic E-state index is 10.7. The monoisotopic (exact) mass is 285 g/mol. The number of rotatable bonds is 4. The number of benzene rings is 1. The summed E-state index contributed by atoms with van der Waals surface area (Å²) in [6, 6.07) is 4.39. The molecule has 0 radical (unpaired) electrons. The van der Waals surface area contributed by atoms with Crippen LogP contribution in [-0.4, -0.2) is 16.6 Å². The van der Waals surface area contributed by atoms with Crippen molar-refractivity contribution in [2.75, 3.05) is 11.9 Å². The van der Waals surface area contributed by atoms with E-state index >= 15 is 0 Å². The summed E-state index contributed by atoms with van der Waals surface area (Å²) < 4.78 is 0. The van der Waals surface area contributed by atoms with Crippen LogP contribution in [0, 0.1) is 10.1 Å². The first-order valence-electron chi connectivity index (χ1n) is 5.03. The summed E-state index contributed by atoms with van der Waals surface area (Å²) in [5.74, 6) is 0. The van der Waals surface area contributed by atoms with E-state index in [-0.39, 0.29) is 10.7 Å². The van der Waals surface area contributed by atoms with Gasteiger partial charge in [0.2, 0.25) is 0 Å². The number of anilines is 1. The van der Waals surface area contributed by atoms with Gasteiger partial charge in [-0.2, -0.15) is 0 Å². The summed E-state index contributed by atoms with van der Waals surface area (Å²) in [5, 5.41) is 16.9. The highest BCUT2D eigenvalue weighted by atomic mass is 35.5. The van der Waals surface area contributed by atoms with Crippen LogP contribution in [0.25, 0.3) is 0 Å². The SMILES string of the molecule is C=C(C)CNC(=S)Nc1ccc(Cl)c([N+](=O)[O-])c1.